The van der Waals surface area contributed by atoms with E-state index in [4.69, 9.17) is 21.7 Å². The van der Waals surface area contributed by atoms with Gasteiger partial charge in [0.05, 0.1) is 23.5 Å². The van der Waals surface area contributed by atoms with Gasteiger partial charge in [0.2, 0.25) is 0 Å². The standard InChI is InChI=1S/C24H29N3O4S/c1-3-16(2)31-18-9-6-8-17(14-18)22(28)27-24(32)26-21-12-5-4-11-20(21)23(29)25-15-19-10-7-13-30-19/h4-6,8-9,11-12,14,16,19H,3,7,10,13,15H2,1-2H3,(H,25,29)(H2,26,27,28,32). The molecule has 1 aliphatic heterocycles. The van der Waals surface area contributed by atoms with Gasteiger partial charge in [-0.05, 0) is 68.7 Å². The predicted octanol–water partition coefficient (Wildman–Crippen LogP) is 3.90. The van der Waals surface area contributed by atoms with Gasteiger partial charge >= 0.3 is 0 Å². The number of thiocarbonyl (C=S) groups is 1. The smallest absolute Gasteiger partial charge is 0.257 e. The average molecular weight is 456 g/mol. The Morgan fingerprint density at radius 3 is 2.75 bits per heavy atom. The van der Waals surface area contributed by atoms with Crippen LogP contribution in [0.2, 0.25) is 0 Å². The van der Waals surface area contributed by atoms with Crippen molar-refractivity contribution in [1.82, 2.24) is 10.6 Å². The molecule has 1 heterocycles. The number of anilines is 1. The van der Waals surface area contributed by atoms with Crippen LogP contribution < -0.4 is 20.7 Å². The molecule has 32 heavy (non-hydrogen) atoms. The van der Waals surface area contributed by atoms with Gasteiger partial charge in [0, 0.05) is 18.7 Å². The summed E-state index contributed by atoms with van der Waals surface area (Å²) in [5.74, 6) is 0.0316. The number of para-hydroxylation sites is 1. The minimum atomic E-state index is -0.364. The molecule has 1 fully saturated rings. The second-order valence-corrected chi connectivity index (χ2v) is 8.07. The van der Waals surface area contributed by atoms with Crippen molar-refractivity contribution < 1.29 is 19.1 Å². The second kappa shape index (κ2) is 11.6. The highest BCUT2D eigenvalue weighted by Gasteiger charge is 2.18. The fourth-order valence-corrected chi connectivity index (χ4v) is 3.45. The van der Waals surface area contributed by atoms with E-state index in [1.165, 1.54) is 0 Å². The first-order valence-corrected chi connectivity index (χ1v) is 11.2. The maximum absolute atomic E-state index is 12.6. The van der Waals surface area contributed by atoms with Crippen LogP contribution in [-0.2, 0) is 4.74 Å². The van der Waals surface area contributed by atoms with Crippen LogP contribution in [0, 0.1) is 0 Å². The number of rotatable bonds is 8. The SMILES string of the molecule is CCC(C)Oc1cccc(C(=O)NC(=S)Nc2ccccc2C(=O)NCC2CCCO2)c1. The van der Waals surface area contributed by atoms with Gasteiger partial charge in [0.25, 0.3) is 11.8 Å². The zero-order chi connectivity index (χ0) is 22.9. The summed E-state index contributed by atoms with van der Waals surface area (Å²) in [6.07, 6.45) is 2.93. The molecule has 0 spiro atoms. The monoisotopic (exact) mass is 455 g/mol. The van der Waals surface area contributed by atoms with Gasteiger partial charge < -0.3 is 20.1 Å². The summed E-state index contributed by atoms with van der Waals surface area (Å²) in [6, 6.07) is 13.9. The van der Waals surface area contributed by atoms with Crippen molar-refractivity contribution >= 4 is 34.8 Å². The number of amides is 2. The molecule has 2 aromatic rings. The summed E-state index contributed by atoms with van der Waals surface area (Å²) in [5, 5.41) is 8.61. The van der Waals surface area contributed by atoms with Crippen molar-refractivity contribution in [2.24, 2.45) is 0 Å². The molecule has 0 bridgehead atoms. The van der Waals surface area contributed by atoms with Gasteiger partial charge in [-0.3, -0.25) is 14.9 Å². The van der Waals surface area contributed by atoms with Crippen molar-refractivity contribution in [3.05, 3.63) is 59.7 Å². The molecule has 7 nitrogen and oxygen atoms in total. The van der Waals surface area contributed by atoms with Crippen molar-refractivity contribution in [1.29, 1.82) is 0 Å². The zero-order valence-corrected chi connectivity index (χ0v) is 19.2. The minimum Gasteiger partial charge on any atom is -0.491 e. The Labute approximate surface area is 193 Å². The Kier molecular flexibility index (Phi) is 8.58. The van der Waals surface area contributed by atoms with E-state index in [1.807, 2.05) is 19.9 Å². The first-order chi connectivity index (χ1) is 15.5. The minimum absolute atomic E-state index is 0.0546. The van der Waals surface area contributed by atoms with Gasteiger partial charge in [0.1, 0.15) is 5.75 Å². The van der Waals surface area contributed by atoms with Crippen LogP contribution in [0.4, 0.5) is 5.69 Å². The lowest BCUT2D eigenvalue weighted by atomic mass is 10.1. The maximum atomic E-state index is 12.6. The number of nitrogens with one attached hydrogen (secondary N) is 3. The van der Waals surface area contributed by atoms with E-state index >= 15 is 0 Å². The summed E-state index contributed by atoms with van der Waals surface area (Å²) < 4.78 is 11.3. The second-order valence-electron chi connectivity index (χ2n) is 7.66. The molecule has 1 aliphatic rings. The molecule has 0 aromatic heterocycles. The Morgan fingerprint density at radius 2 is 2.00 bits per heavy atom. The lowest BCUT2D eigenvalue weighted by molar-refractivity contribution is 0.0858. The number of hydrogen-bond acceptors (Lipinski definition) is 5. The van der Waals surface area contributed by atoms with Crippen LogP contribution in [0.1, 0.15) is 53.8 Å². The third-order valence-corrected chi connectivity index (χ3v) is 5.37. The maximum Gasteiger partial charge on any atom is 0.257 e. The molecule has 2 atom stereocenters. The average Bonchev–Trinajstić information content (AvgIpc) is 3.31. The van der Waals surface area contributed by atoms with Crippen LogP contribution in [0.3, 0.4) is 0 Å². The lowest BCUT2D eigenvalue weighted by Crippen LogP contribution is -2.35. The van der Waals surface area contributed by atoms with Crippen molar-refractivity contribution in [2.45, 2.75) is 45.3 Å². The first kappa shape index (κ1) is 23.7. The molecule has 170 valence electrons. The van der Waals surface area contributed by atoms with Gasteiger partial charge in [-0.15, -0.1) is 0 Å². The summed E-state index contributed by atoms with van der Waals surface area (Å²) in [4.78, 5) is 25.3. The zero-order valence-electron chi connectivity index (χ0n) is 18.4. The van der Waals surface area contributed by atoms with E-state index in [9.17, 15) is 9.59 Å². The Morgan fingerprint density at radius 1 is 1.19 bits per heavy atom. The lowest BCUT2D eigenvalue weighted by Gasteiger charge is -2.15. The van der Waals surface area contributed by atoms with Gasteiger partial charge in [-0.1, -0.05) is 25.1 Å². The summed E-state index contributed by atoms with van der Waals surface area (Å²) in [7, 11) is 0. The largest absolute Gasteiger partial charge is 0.491 e. The highest BCUT2D eigenvalue weighted by molar-refractivity contribution is 7.80. The normalized spacial score (nSPS) is 16.1. The van der Waals surface area contributed by atoms with Gasteiger partial charge in [-0.2, -0.15) is 0 Å². The number of ether oxygens (including phenoxy) is 2. The van der Waals surface area contributed by atoms with E-state index < -0.39 is 0 Å². The molecule has 8 heteroatoms. The van der Waals surface area contributed by atoms with E-state index in [2.05, 4.69) is 16.0 Å². The molecule has 0 radical (unpaired) electrons. The van der Waals surface area contributed by atoms with E-state index in [0.717, 1.165) is 25.9 Å². The fourth-order valence-electron chi connectivity index (χ4n) is 3.25. The predicted molar refractivity (Wildman–Crippen MR) is 128 cm³/mol. The molecular weight excluding hydrogens is 426 g/mol. The van der Waals surface area contributed by atoms with Crippen LogP contribution in [0.15, 0.2) is 48.5 Å². The van der Waals surface area contributed by atoms with Crippen molar-refractivity contribution in [2.75, 3.05) is 18.5 Å². The fraction of sp³-hybridized carbons (Fsp3) is 0.375. The Bertz CT molecular complexity index is 960. The third-order valence-electron chi connectivity index (χ3n) is 5.17. The molecule has 3 N–H and O–H groups in total. The van der Waals surface area contributed by atoms with Crippen LogP contribution in [-0.4, -0.2) is 42.3 Å². The number of carbonyl (C=O) groups is 2. The topological polar surface area (TPSA) is 88.7 Å². The molecule has 2 unspecified atom stereocenters. The van der Waals surface area contributed by atoms with Crippen molar-refractivity contribution in [3.63, 3.8) is 0 Å². The molecule has 1 saturated heterocycles. The molecule has 2 amide bonds. The highest BCUT2D eigenvalue weighted by atomic mass is 32.1. The number of benzene rings is 2. The van der Waals surface area contributed by atoms with Crippen LogP contribution in [0.5, 0.6) is 5.75 Å². The Balaban J connectivity index is 1.59. The van der Waals surface area contributed by atoms with Gasteiger partial charge in [-0.25, -0.2) is 0 Å². The van der Waals surface area contributed by atoms with E-state index in [0.29, 0.717) is 29.1 Å². The summed E-state index contributed by atoms with van der Waals surface area (Å²) in [5.41, 5.74) is 1.38. The van der Waals surface area contributed by atoms with E-state index in [1.54, 1.807) is 42.5 Å². The number of hydrogen-bond donors (Lipinski definition) is 3. The van der Waals surface area contributed by atoms with Crippen LogP contribution >= 0.6 is 12.2 Å². The highest BCUT2D eigenvalue weighted by Crippen LogP contribution is 2.18. The number of carbonyl (C=O) groups excluding carboxylic acids is 2. The van der Waals surface area contributed by atoms with Gasteiger partial charge in [0.15, 0.2) is 5.11 Å². The van der Waals surface area contributed by atoms with Crippen LogP contribution in [0.25, 0.3) is 0 Å². The summed E-state index contributed by atoms with van der Waals surface area (Å²) >= 11 is 5.31. The Hall–Kier alpha value is -2.97. The van der Waals surface area contributed by atoms with Crippen molar-refractivity contribution in [3.8, 4) is 5.75 Å². The molecule has 2 aromatic carbocycles. The molecular formula is C24H29N3O4S. The van der Waals surface area contributed by atoms with E-state index in [-0.39, 0.29) is 29.1 Å². The molecule has 3 rings (SSSR count). The quantitative estimate of drug-likeness (QED) is 0.523. The molecule has 0 aliphatic carbocycles. The molecule has 0 saturated carbocycles. The summed E-state index contributed by atoms with van der Waals surface area (Å²) in [6.45, 7) is 5.20. The third kappa shape index (κ3) is 6.77. The first-order valence-electron chi connectivity index (χ1n) is 10.8.